The van der Waals surface area contributed by atoms with E-state index in [1.54, 1.807) is 0 Å². The van der Waals surface area contributed by atoms with Crippen LogP contribution in [0.5, 0.6) is 0 Å². The standard InChI is InChI=1S/C16H22ClF2Si/c1-2-3-4-7-20-8-5-12(6-9-20)13-10-14(18)16(17)15(19)11-13/h10-12H,2-9H2,1H3. The van der Waals surface area contributed by atoms with Gasteiger partial charge in [-0.05, 0) is 36.5 Å². The zero-order chi connectivity index (χ0) is 14.5. The molecule has 1 aliphatic heterocycles. The van der Waals surface area contributed by atoms with Crippen molar-refractivity contribution >= 4 is 20.4 Å². The molecule has 0 N–H and O–H groups in total. The molecule has 1 saturated heterocycles. The Morgan fingerprint density at radius 3 is 2.30 bits per heavy atom. The van der Waals surface area contributed by atoms with E-state index < -0.39 is 11.6 Å². The molecule has 1 heterocycles. The predicted molar refractivity (Wildman–Crippen MR) is 83.0 cm³/mol. The molecule has 4 heteroatoms. The summed E-state index contributed by atoms with van der Waals surface area (Å²) in [5, 5.41) is -0.381. The van der Waals surface area contributed by atoms with Crippen LogP contribution in [0.3, 0.4) is 0 Å². The number of benzene rings is 1. The van der Waals surface area contributed by atoms with Gasteiger partial charge in [0.15, 0.2) is 0 Å². The average molecular weight is 316 g/mol. The van der Waals surface area contributed by atoms with Crippen molar-refractivity contribution in [2.75, 3.05) is 0 Å². The Kier molecular flexibility index (Phi) is 6.03. The first kappa shape index (κ1) is 16.0. The van der Waals surface area contributed by atoms with Gasteiger partial charge in [-0.3, -0.25) is 0 Å². The molecule has 0 aromatic heterocycles. The summed E-state index contributed by atoms with van der Waals surface area (Å²) in [5.41, 5.74) is 0.791. The van der Waals surface area contributed by atoms with Crippen molar-refractivity contribution in [1.82, 2.24) is 0 Å². The Balaban J connectivity index is 1.90. The molecule has 1 aromatic carbocycles. The highest BCUT2D eigenvalue weighted by Gasteiger charge is 2.24. The summed E-state index contributed by atoms with van der Waals surface area (Å²) in [7, 11) is -0.202. The lowest BCUT2D eigenvalue weighted by Gasteiger charge is -2.28. The molecular formula is C16H22ClF2Si. The minimum absolute atomic E-state index is 0.202. The second kappa shape index (κ2) is 7.55. The zero-order valence-electron chi connectivity index (χ0n) is 12.0. The highest BCUT2D eigenvalue weighted by Crippen LogP contribution is 2.36. The van der Waals surface area contributed by atoms with Gasteiger partial charge in [-0.1, -0.05) is 55.9 Å². The highest BCUT2D eigenvalue weighted by atomic mass is 35.5. The number of unbranched alkanes of at least 4 members (excludes halogenated alkanes) is 2. The molecule has 0 atom stereocenters. The maximum absolute atomic E-state index is 13.5. The highest BCUT2D eigenvalue weighted by molar-refractivity contribution is 6.59. The molecule has 111 valence electrons. The molecule has 0 bridgehead atoms. The third-order valence-corrected chi connectivity index (χ3v) is 7.72. The van der Waals surface area contributed by atoms with Crippen molar-refractivity contribution in [3.8, 4) is 0 Å². The third kappa shape index (κ3) is 4.04. The van der Waals surface area contributed by atoms with Crippen molar-refractivity contribution in [2.45, 2.75) is 63.1 Å². The summed E-state index contributed by atoms with van der Waals surface area (Å²) >= 11 is 5.54. The van der Waals surface area contributed by atoms with Crippen molar-refractivity contribution in [3.63, 3.8) is 0 Å². The number of hydrogen-bond acceptors (Lipinski definition) is 0. The quantitative estimate of drug-likeness (QED) is 0.346. The van der Waals surface area contributed by atoms with Crippen LogP contribution in [0, 0.1) is 11.6 Å². The van der Waals surface area contributed by atoms with Crippen molar-refractivity contribution < 1.29 is 8.78 Å². The fourth-order valence-corrected chi connectivity index (χ4v) is 6.17. The first-order valence-electron chi connectivity index (χ1n) is 7.59. The largest absolute Gasteiger partial charge is 0.205 e. The summed E-state index contributed by atoms with van der Waals surface area (Å²) in [5.74, 6) is -0.933. The molecule has 0 unspecified atom stereocenters. The molecule has 1 aliphatic rings. The van der Waals surface area contributed by atoms with Crippen LogP contribution in [0.15, 0.2) is 12.1 Å². The van der Waals surface area contributed by atoms with Crippen molar-refractivity contribution in [3.05, 3.63) is 34.4 Å². The van der Waals surface area contributed by atoms with Crippen LogP contribution in [-0.2, 0) is 0 Å². The van der Waals surface area contributed by atoms with Crippen molar-refractivity contribution in [2.24, 2.45) is 0 Å². The third-order valence-electron chi connectivity index (χ3n) is 4.30. The Hall–Kier alpha value is -0.413. The van der Waals surface area contributed by atoms with Gasteiger partial charge in [0.25, 0.3) is 0 Å². The van der Waals surface area contributed by atoms with Crippen molar-refractivity contribution in [1.29, 1.82) is 0 Å². The van der Waals surface area contributed by atoms with E-state index in [9.17, 15) is 8.78 Å². The normalized spacial score (nSPS) is 17.6. The Labute approximate surface area is 127 Å². The van der Waals surface area contributed by atoms with E-state index in [0.717, 1.165) is 18.4 Å². The predicted octanol–water partition coefficient (Wildman–Crippen LogP) is 6.18. The molecule has 2 rings (SSSR count). The molecular weight excluding hydrogens is 294 g/mol. The van der Waals surface area contributed by atoms with Gasteiger partial charge < -0.3 is 0 Å². The molecule has 1 radical (unpaired) electrons. The fourth-order valence-electron chi connectivity index (χ4n) is 3.05. The van der Waals surface area contributed by atoms with E-state index in [0.29, 0.717) is 5.92 Å². The molecule has 1 fully saturated rings. The van der Waals surface area contributed by atoms with E-state index >= 15 is 0 Å². The van der Waals surface area contributed by atoms with Crippen LogP contribution in [0.1, 0.15) is 50.5 Å². The van der Waals surface area contributed by atoms with E-state index in [1.807, 2.05) is 0 Å². The minimum Gasteiger partial charge on any atom is -0.205 e. The first-order valence-corrected chi connectivity index (χ1v) is 10.1. The van der Waals surface area contributed by atoms with Gasteiger partial charge in [0, 0.05) is 8.80 Å². The average Bonchev–Trinajstić information content (AvgIpc) is 2.45. The molecule has 0 aliphatic carbocycles. The summed E-state index contributed by atoms with van der Waals surface area (Å²) in [4.78, 5) is 0. The number of hydrogen-bond donors (Lipinski definition) is 0. The fraction of sp³-hybridized carbons (Fsp3) is 0.625. The zero-order valence-corrected chi connectivity index (χ0v) is 13.8. The topological polar surface area (TPSA) is 0 Å². The molecule has 0 amide bonds. The molecule has 20 heavy (non-hydrogen) atoms. The Morgan fingerprint density at radius 2 is 1.75 bits per heavy atom. The van der Waals surface area contributed by atoms with Crippen LogP contribution in [0.25, 0.3) is 0 Å². The minimum atomic E-state index is -0.624. The summed E-state index contributed by atoms with van der Waals surface area (Å²) in [6, 6.07) is 6.82. The number of halogens is 3. The monoisotopic (exact) mass is 315 g/mol. The van der Waals surface area contributed by atoms with Gasteiger partial charge in [-0.2, -0.15) is 0 Å². The molecule has 0 nitrogen and oxygen atoms in total. The van der Waals surface area contributed by atoms with Gasteiger partial charge >= 0.3 is 0 Å². The van der Waals surface area contributed by atoms with Crippen LogP contribution < -0.4 is 0 Å². The Bertz CT molecular complexity index is 419. The summed E-state index contributed by atoms with van der Waals surface area (Å²) in [6.07, 6.45) is 6.15. The second-order valence-corrected chi connectivity index (χ2v) is 9.16. The van der Waals surface area contributed by atoms with E-state index in [1.165, 1.54) is 49.5 Å². The van der Waals surface area contributed by atoms with Crippen LogP contribution in [0.4, 0.5) is 8.78 Å². The molecule has 1 aromatic rings. The smallest absolute Gasteiger partial charge is 0.145 e. The van der Waals surface area contributed by atoms with Gasteiger partial charge in [0.05, 0.1) is 0 Å². The maximum atomic E-state index is 13.5. The number of rotatable bonds is 5. The van der Waals surface area contributed by atoms with Crippen LogP contribution in [0.2, 0.25) is 23.2 Å². The van der Waals surface area contributed by atoms with Gasteiger partial charge in [0.2, 0.25) is 0 Å². The van der Waals surface area contributed by atoms with E-state index in [4.69, 9.17) is 11.6 Å². The van der Waals surface area contributed by atoms with Gasteiger partial charge in [-0.25, -0.2) is 8.78 Å². The van der Waals surface area contributed by atoms with Gasteiger partial charge in [0.1, 0.15) is 16.7 Å². The summed E-state index contributed by atoms with van der Waals surface area (Å²) < 4.78 is 27.0. The van der Waals surface area contributed by atoms with Crippen LogP contribution >= 0.6 is 11.6 Å². The molecule has 0 spiro atoms. The lowest BCUT2D eigenvalue weighted by molar-refractivity contribution is 0.558. The summed E-state index contributed by atoms with van der Waals surface area (Å²) in [6.45, 7) is 2.23. The Morgan fingerprint density at radius 1 is 1.15 bits per heavy atom. The van der Waals surface area contributed by atoms with Crippen LogP contribution in [-0.4, -0.2) is 8.80 Å². The maximum Gasteiger partial charge on any atom is 0.145 e. The van der Waals surface area contributed by atoms with Gasteiger partial charge in [-0.15, -0.1) is 0 Å². The lowest BCUT2D eigenvalue weighted by atomic mass is 9.93. The molecule has 0 saturated carbocycles. The first-order chi connectivity index (χ1) is 9.61. The SMILES string of the molecule is CCCCC[Si]1CCC(c2cc(F)c(Cl)c(F)c2)CC1. The second-order valence-electron chi connectivity index (χ2n) is 5.78. The lowest BCUT2D eigenvalue weighted by Crippen LogP contribution is -2.20. The van der Waals surface area contributed by atoms with E-state index in [2.05, 4.69) is 6.92 Å². The van der Waals surface area contributed by atoms with E-state index in [-0.39, 0.29) is 13.8 Å².